The van der Waals surface area contributed by atoms with Crippen LogP contribution in [-0.2, 0) is 12.3 Å². The van der Waals surface area contributed by atoms with Crippen LogP contribution in [0.25, 0.3) is 0 Å². The number of aryl methyl sites for hydroxylation is 1. The smallest absolute Gasteiger partial charge is 0.0476 e. The molecule has 0 radical (unpaired) electrons. The van der Waals surface area contributed by atoms with Crippen LogP contribution in [0, 0.1) is 0 Å². The second-order valence-electron chi connectivity index (χ2n) is 2.62. The van der Waals surface area contributed by atoms with Gasteiger partial charge in [-0.05, 0) is 35.9 Å². The molecule has 0 nitrogen and oxygen atoms in total. The molecule has 1 rings (SSSR count). The first-order chi connectivity index (χ1) is 5.81. The third kappa shape index (κ3) is 2.18. The standard InChI is InChI=1S/C10H13ClS/c1-3-8-6-10(12-2)5-4-9(8)7-11/h4-6H,3,7H2,1-2H3. The normalized spacial score (nSPS) is 10.2. The van der Waals surface area contributed by atoms with E-state index in [1.165, 1.54) is 16.0 Å². The lowest BCUT2D eigenvalue weighted by Crippen LogP contribution is -1.89. The highest BCUT2D eigenvalue weighted by Gasteiger charge is 1.99. The van der Waals surface area contributed by atoms with E-state index < -0.39 is 0 Å². The van der Waals surface area contributed by atoms with Crippen LogP contribution in [0.1, 0.15) is 18.1 Å². The van der Waals surface area contributed by atoms with Gasteiger partial charge in [0.1, 0.15) is 0 Å². The van der Waals surface area contributed by atoms with Gasteiger partial charge in [0.05, 0.1) is 0 Å². The SMILES string of the molecule is CCc1cc(SC)ccc1CCl. The van der Waals surface area contributed by atoms with Crippen molar-refractivity contribution in [3.8, 4) is 0 Å². The number of hydrogen-bond acceptors (Lipinski definition) is 1. The second kappa shape index (κ2) is 4.78. The van der Waals surface area contributed by atoms with Crippen molar-refractivity contribution in [2.24, 2.45) is 0 Å². The third-order valence-corrected chi connectivity index (χ3v) is 2.95. The van der Waals surface area contributed by atoms with Gasteiger partial charge in [0.25, 0.3) is 0 Å². The van der Waals surface area contributed by atoms with E-state index in [0.29, 0.717) is 5.88 Å². The largest absolute Gasteiger partial charge is 0.130 e. The van der Waals surface area contributed by atoms with E-state index >= 15 is 0 Å². The van der Waals surface area contributed by atoms with Gasteiger partial charge in [-0.15, -0.1) is 23.4 Å². The maximum atomic E-state index is 5.80. The van der Waals surface area contributed by atoms with E-state index in [1.807, 2.05) is 0 Å². The number of alkyl halides is 1. The van der Waals surface area contributed by atoms with E-state index in [4.69, 9.17) is 11.6 Å². The Morgan fingerprint density at radius 2 is 2.08 bits per heavy atom. The van der Waals surface area contributed by atoms with Gasteiger partial charge in [-0.3, -0.25) is 0 Å². The van der Waals surface area contributed by atoms with E-state index in [0.717, 1.165) is 6.42 Å². The van der Waals surface area contributed by atoms with Crippen LogP contribution in [0.3, 0.4) is 0 Å². The molecule has 0 bridgehead atoms. The summed E-state index contributed by atoms with van der Waals surface area (Å²) in [4.78, 5) is 1.32. The Kier molecular flexibility index (Phi) is 3.96. The summed E-state index contributed by atoms with van der Waals surface area (Å²) in [6.45, 7) is 2.16. The molecule has 0 N–H and O–H groups in total. The lowest BCUT2D eigenvalue weighted by atomic mass is 10.1. The van der Waals surface area contributed by atoms with Crippen LogP contribution in [-0.4, -0.2) is 6.26 Å². The van der Waals surface area contributed by atoms with Crippen LogP contribution in [0.4, 0.5) is 0 Å². The average molecular weight is 201 g/mol. The van der Waals surface area contributed by atoms with Gasteiger partial charge in [0.15, 0.2) is 0 Å². The summed E-state index contributed by atoms with van der Waals surface area (Å²) in [6.07, 6.45) is 3.16. The Morgan fingerprint density at radius 1 is 1.33 bits per heavy atom. The molecule has 0 aromatic heterocycles. The highest BCUT2D eigenvalue weighted by atomic mass is 35.5. The van der Waals surface area contributed by atoms with Gasteiger partial charge in [-0.25, -0.2) is 0 Å². The summed E-state index contributed by atoms with van der Waals surface area (Å²) < 4.78 is 0. The van der Waals surface area contributed by atoms with Gasteiger partial charge in [-0.2, -0.15) is 0 Å². The van der Waals surface area contributed by atoms with Gasteiger partial charge in [0, 0.05) is 10.8 Å². The van der Waals surface area contributed by atoms with Crippen LogP contribution in [0.2, 0.25) is 0 Å². The molecule has 0 saturated carbocycles. The van der Waals surface area contributed by atoms with Gasteiger partial charge in [-0.1, -0.05) is 13.0 Å². The summed E-state index contributed by atoms with van der Waals surface area (Å²) in [5, 5.41) is 0. The van der Waals surface area contributed by atoms with Gasteiger partial charge in [0.2, 0.25) is 0 Å². The van der Waals surface area contributed by atoms with E-state index in [1.54, 1.807) is 11.8 Å². The molecular formula is C10H13ClS. The van der Waals surface area contributed by atoms with Crippen molar-refractivity contribution in [3.05, 3.63) is 29.3 Å². The minimum Gasteiger partial charge on any atom is -0.130 e. The molecule has 0 aliphatic rings. The Hall–Kier alpha value is -0.140. The van der Waals surface area contributed by atoms with E-state index in [2.05, 4.69) is 31.4 Å². The number of thioether (sulfide) groups is 1. The zero-order valence-electron chi connectivity index (χ0n) is 7.43. The van der Waals surface area contributed by atoms with Crippen LogP contribution >= 0.6 is 23.4 Å². The molecule has 0 fully saturated rings. The predicted octanol–water partition coefficient (Wildman–Crippen LogP) is 3.71. The van der Waals surface area contributed by atoms with Crippen molar-refractivity contribution in [3.63, 3.8) is 0 Å². The fourth-order valence-corrected chi connectivity index (χ4v) is 1.91. The monoisotopic (exact) mass is 200 g/mol. The lowest BCUT2D eigenvalue weighted by Gasteiger charge is -2.05. The highest BCUT2D eigenvalue weighted by Crippen LogP contribution is 2.20. The molecule has 0 aliphatic carbocycles. The topological polar surface area (TPSA) is 0 Å². The molecule has 66 valence electrons. The quantitative estimate of drug-likeness (QED) is 0.530. The number of halogens is 1. The summed E-state index contributed by atoms with van der Waals surface area (Å²) in [5.41, 5.74) is 2.63. The zero-order valence-corrected chi connectivity index (χ0v) is 9.00. The van der Waals surface area contributed by atoms with Crippen molar-refractivity contribution >= 4 is 23.4 Å². The minimum absolute atomic E-state index is 0.623. The number of hydrogen-bond donors (Lipinski definition) is 0. The zero-order chi connectivity index (χ0) is 8.97. The molecular weight excluding hydrogens is 188 g/mol. The Balaban J connectivity index is 3.02. The van der Waals surface area contributed by atoms with Crippen molar-refractivity contribution < 1.29 is 0 Å². The second-order valence-corrected chi connectivity index (χ2v) is 3.77. The molecule has 2 heteroatoms. The number of rotatable bonds is 3. The molecule has 12 heavy (non-hydrogen) atoms. The van der Waals surface area contributed by atoms with Crippen molar-refractivity contribution in [1.82, 2.24) is 0 Å². The summed E-state index contributed by atoms with van der Waals surface area (Å²) in [5.74, 6) is 0.623. The minimum atomic E-state index is 0.623. The maximum absolute atomic E-state index is 5.80. The summed E-state index contributed by atoms with van der Waals surface area (Å²) >= 11 is 7.57. The highest BCUT2D eigenvalue weighted by molar-refractivity contribution is 7.98. The molecule has 0 saturated heterocycles. The van der Waals surface area contributed by atoms with Gasteiger partial charge >= 0.3 is 0 Å². The Bertz CT molecular complexity index is 258. The van der Waals surface area contributed by atoms with Crippen molar-refractivity contribution in [1.29, 1.82) is 0 Å². The fourth-order valence-electron chi connectivity index (χ4n) is 1.19. The third-order valence-electron chi connectivity index (χ3n) is 1.94. The molecule has 0 spiro atoms. The van der Waals surface area contributed by atoms with E-state index in [9.17, 15) is 0 Å². The maximum Gasteiger partial charge on any atom is 0.0476 e. The number of benzene rings is 1. The van der Waals surface area contributed by atoms with Crippen LogP contribution < -0.4 is 0 Å². The summed E-state index contributed by atoms with van der Waals surface area (Å²) in [7, 11) is 0. The van der Waals surface area contributed by atoms with Crippen LogP contribution in [0.15, 0.2) is 23.1 Å². The first kappa shape index (κ1) is 9.94. The van der Waals surface area contributed by atoms with Crippen LogP contribution in [0.5, 0.6) is 0 Å². The Labute approximate surface area is 83.3 Å². The summed E-state index contributed by atoms with van der Waals surface area (Å²) in [6, 6.07) is 6.47. The molecule has 0 heterocycles. The molecule has 0 amide bonds. The molecule has 0 aliphatic heterocycles. The Morgan fingerprint density at radius 3 is 2.58 bits per heavy atom. The first-order valence-electron chi connectivity index (χ1n) is 4.03. The predicted molar refractivity (Wildman–Crippen MR) is 57.2 cm³/mol. The van der Waals surface area contributed by atoms with Gasteiger partial charge < -0.3 is 0 Å². The first-order valence-corrected chi connectivity index (χ1v) is 5.79. The van der Waals surface area contributed by atoms with Crippen molar-refractivity contribution in [2.75, 3.05) is 6.26 Å². The average Bonchev–Trinajstić information content (AvgIpc) is 2.16. The molecule has 0 atom stereocenters. The van der Waals surface area contributed by atoms with E-state index in [-0.39, 0.29) is 0 Å². The molecule has 1 aromatic carbocycles. The molecule has 1 aromatic rings. The fraction of sp³-hybridized carbons (Fsp3) is 0.400. The van der Waals surface area contributed by atoms with Crippen molar-refractivity contribution in [2.45, 2.75) is 24.1 Å². The molecule has 0 unspecified atom stereocenters. The lowest BCUT2D eigenvalue weighted by molar-refractivity contribution is 1.08.